The summed E-state index contributed by atoms with van der Waals surface area (Å²) < 4.78 is 21.0. The van der Waals surface area contributed by atoms with Crippen molar-refractivity contribution in [1.82, 2.24) is 0 Å². The molecule has 0 atom stereocenters. The number of carbonyl (C=O) groups is 1. The summed E-state index contributed by atoms with van der Waals surface area (Å²) in [7, 11) is 1.56. The van der Waals surface area contributed by atoms with Crippen LogP contribution < -0.4 is 9.47 Å². The smallest absolute Gasteiger partial charge is 0.363 e. The Labute approximate surface area is 133 Å². The Morgan fingerprint density at radius 3 is 2.83 bits per heavy atom. The van der Waals surface area contributed by atoms with Gasteiger partial charge in [-0.2, -0.15) is 0 Å². The van der Waals surface area contributed by atoms with Crippen LogP contribution in [0.25, 0.3) is 6.08 Å². The second kappa shape index (κ2) is 6.39. The molecule has 1 aromatic heterocycles. The zero-order chi connectivity index (χ0) is 16.2. The van der Waals surface area contributed by atoms with Crippen LogP contribution in [-0.2, 0) is 9.53 Å². The second-order valence-corrected chi connectivity index (χ2v) is 4.66. The molecule has 0 saturated carbocycles. The van der Waals surface area contributed by atoms with Crippen LogP contribution in [0.5, 0.6) is 11.5 Å². The van der Waals surface area contributed by atoms with Crippen LogP contribution in [0.3, 0.4) is 0 Å². The van der Waals surface area contributed by atoms with Crippen molar-refractivity contribution in [1.29, 1.82) is 0 Å². The number of hydrogen-bond donors (Lipinski definition) is 0. The van der Waals surface area contributed by atoms with E-state index in [2.05, 4.69) is 4.99 Å². The number of nitrogens with zero attached hydrogens (tertiary/aromatic N) is 1. The van der Waals surface area contributed by atoms with Crippen molar-refractivity contribution in [3.05, 3.63) is 53.6 Å². The van der Waals surface area contributed by atoms with Gasteiger partial charge in [-0.1, -0.05) is 6.07 Å². The standard InChI is InChI=1S/C17H15NO5/c1-3-21-13-7-6-11(10-15(13)20-2)9-12-17(19)23-16(18-12)14-5-4-8-22-14/h4-10H,3H2,1-2H3/b12-9-. The van der Waals surface area contributed by atoms with Crippen LogP contribution in [0.2, 0.25) is 0 Å². The van der Waals surface area contributed by atoms with E-state index in [1.165, 1.54) is 6.26 Å². The maximum absolute atomic E-state index is 11.9. The van der Waals surface area contributed by atoms with E-state index in [-0.39, 0.29) is 11.6 Å². The van der Waals surface area contributed by atoms with Gasteiger partial charge in [-0.05, 0) is 42.8 Å². The molecule has 0 saturated heterocycles. The molecule has 0 spiro atoms. The van der Waals surface area contributed by atoms with Gasteiger partial charge in [0.15, 0.2) is 23.0 Å². The molecule has 0 N–H and O–H groups in total. The Kier molecular flexibility index (Phi) is 4.14. The first-order valence-corrected chi connectivity index (χ1v) is 7.08. The second-order valence-electron chi connectivity index (χ2n) is 4.66. The molecule has 3 rings (SSSR count). The number of benzene rings is 1. The average molecular weight is 313 g/mol. The molecule has 1 aliphatic heterocycles. The first-order chi connectivity index (χ1) is 11.2. The van der Waals surface area contributed by atoms with Gasteiger partial charge in [-0.15, -0.1) is 0 Å². The van der Waals surface area contributed by atoms with Gasteiger partial charge in [-0.25, -0.2) is 9.79 Å². The molecule has 6 nitrogen and oxygen atoms in total. The lowest BCUT2D eigenvalue weighted by molar-refractivity contribution is -0.130. The Hall–Kier alpha value is -3.02. The minimum Gasteiger partial charge on any atom is -0.493 e. The first kappa shape index (κ1) is 14.9. The molecular formula is C17H15NO5. The number of ether oxygens (including phenoxy) is 3. The number of rotatable bonds is 5. The highest BCUT2D eigenvalue weighted by Crippen LogP contribution is 2.29. The summed E-state index contributed by atoms with van der Waals surface area (Å²) in [6, 6.07) is 8.74. The quantitative estimate of drug-likeness (QED) is 0.627. The van der Waals surface area contributed by atoms with Gasteiger partial charge < -0.3 is 18.6 Å². The molecule has 1 aromatic carbocycles. The lowest BCUT2D eigenvalue weighted by atomic mass is 10.1. The molecule has 2 heterocycles. The van der Waals surface area contributed by atoms with Crippen LogP contribution in [-0.4, -0.2) is 25.6 Å². The molecule has 0 fully saturated rings. The van der Waals surface area contributed by atoms with E-state index in [4.69, 9.17) is 18.6 Å². The summed E-state index contributed by atoms with van der Waals surface area (Å²) in [5, 5.41) is 0. The summed E-state index contributed by atoms with van der Waals surface area (Å²) in [4.78, 5) is 16.1. The van der Waals surface area contributed by atoms with E-state index in [1.54, 1.807) is 37.5 Å². The summed E-state index contributed by atoms with van der Waals surface area (Å²) in [5.74, 6) is 1.27. The summed E-state index contributed by atoms with van der Waals surface area (Å²) >= 11 is 0. The highest BCUT2D eigenvalue weighted by molar-refractivity contribution is 6.11. The van der Waals surface area contributed by atoms with Crippen molar-refractivity contribution < 1.29 is 23.4 Å². The van der Waals surface area contributed by atoms with Crippen molar-refractivity contribution in [2.24, 2.45) is 4.99 Å². The third-order valence-corrected chi connectivity index (χ3v) is 3.14. The summed E-state index contributed by atoms with van der Waals surface area (Å²) in [6.45, 7) is 2.44. The fraction of sp³-hybridized carbons (Fsp3) is 0.176. The van der Waals surface area contributed by atoms with E-state index < -0.39 is 5.97 Å². The van der Waals surface area contributed by atoms with Crippen molar-refractivity contribution in [2.75, 3.05) is 13.7 Å². The van der Waals surface area contributed by atoms with Crippen LogP contribution in [0.1, 0.15) is 18.2 Å². The maximum Gasteiger partial charge on any atom is 0.363 e. The highest BCUT2D eigenvalue weighted by atomic mass is 16.6. The molecule has 118 valence electrons. The molecule has 6 heteroatoms. The lowest BCUT2D eigenvalue weighted by Gasteiger charge is -2.09. The molecule has 23 heavy (non-hydrogen) atoms. The van der Waals surface area contributed by atoms with E-state index in [1.807, 2.05) is 13.0 Å². The van der Waals surface area contributed by atoms with Gasteiger partial charge in [-0.3, -0.25) is 0 Å². The maximum atomic E-state index is 11.9. The number of cyclic esters (lactones) is 1. The fourth-order valence-corrected chi connectivity index (χ4v) is 2.12. The fourth-order valence-electron chi connectivity index (χ4n) is 2.12. The number of hydrogen-bond acceptors (Lipinski definition) is 6. The number of aliphatic imine (C=N–C) groups is 1. The first-order valence-electron chi connectivity index (χ1n) is 7.08. The van der Waals surface area contributed by atoms with E-state index in [0.717, 1.165) is 5.56 Å². The number of furan rings is 1. The zero-order valence-electron chi connectivity index (χ0n) is 12.7. The van der Waals surface area contributed by atoms with E-state index in [0.29, 0.717) is 23.9 Å². The van der Waals surface area contributed by atoms with Crippen LogP contribution in [0.15, 0.2) is 51.7 Å². The van der Waals surface area contributed by atoms with Gasteiger partial charge in [0, 0.05) is 0 Å². The third-order valence-electron chi connectivity index (χ3n) is 3.14. The SMILES string of the molecule is CCOc1ccc(/C=C2\N=C(c3ccco3)OC2=O)cc1OC. The van der Waals surface area contributed by atoms with Crippen molar-refractivity contribution in [3.8, 4) is 11.5 Å². The predicted octanol–water partition coefficient (Wildman–Crippen LogP) is 3.03. The van der Waals surface area contributed by atoms with Gasteiger partial charge in [0.05, 0.1) is 20.0 Å². The number of esters is 1. The Morgan fingerprint density at radius 2 is 2.13 bits per heavy atom. The van der Waals surface area contributed by atoms with Gasteiger partial charge in [0.2, 0.25) is 0 Å². The molecule has 0 radical (unpaired) electrons. The normalized spacial score (nSPS) is 15.5. The Morgan fingerprint density at radius 1 is 1.26 bits per heavy atom. The van der Waals surface area contributed by atoms with Crippen molar-refractivity contribution in [2.45, 2.75) is 6.92 Å². The lowest BCUT2D eigenvalue weighted by Crippen LogP contribution is -2.04. The van der Waals surface area contributed by atoms with Crippen LogP contribution in [0.4, 0.5) is 0 Å². The summed E-state index contributed by atoms with van der Waals surface area (Å²) in [6.07, 6.45) is 3.11. The Bertz CT molecular complexity index is 774. The Balaban J connectivity index is 1.90. The van der Waals surface area contributed by atoms with Crippen molar-refractivity contribution in [3.63, 3.8) is 0 Å². The molecule has 0 aliphatic carbocycles. The largest absolute Gasteiger partial charge is 0.493 e. The molecule has 0 bridgehead atoms. The predicted molar refractivity (Wildman–Crippen MR) is 83.5 cm³/mol. The van der Waals surface area contributed by atoms with Gasteiger partial charge >= 0.3 is 5.97 Å². The minimum atomic E-state index is -0.524. The van der Waals surface area contributed by atoms with Crippen molar-refractivity contribution >= 4 is 17.9 Å². The van der Waals surface area contributed by atoms with Crippen LogP contribution >= 0.6 is 0 Å². The highest BCUT2D eigenvalue weighted by Gasteiger charge is 2.25. The molecule has 0 amide bonds. The van der Waals surface area contributed by atoms with Crippen LogP contribution in [0, 0.1) is 0 Å². The monoisotopic (exact) mass is 313 g/mol. The number of carbonyl (C=O) groups excluding carboxylic acids is 1. The van der Waals surface area contributed by atoms with E-state index >= 15 is 0 Å². The molecule has 1 aliphatic rings. The average Bonchev–Trinajstić information content (AvgIpc) is 3.19. The van der Waals surface area contributed by atoms with E-state index in [9.17, 15) is 4.79 Å². The molecular weight excluding hydrogens is 298 g/mol. The van der Waals surface area contributed by atoms with Gasteiger partial charge in [0.25, 0.3) is 5.90 Å². The molecule has 0 unspecified atom stereocenters. The minimum absolute atomic E-state index is 0.157. The number of methoxy groups -OCH3 is 1. The third kappa shape index (κ3) is 3.11. The topological polar surface area (TPSA) is 70.3 Å². The van der Waals surface area contributed by atoms with Gasteiger partial charge in [0.1, 0.15) is 0 Å². The zero-order valence-corrected chi connectivity index (χ0v) is 12.7. The summed E-state index contributed by atoms with van der Waals surface area (Å²) in [5.41, 5.74) is 0.948. The molecule has 2 aromatic rings.